The number of carbonyl (C=O) groups is 2. The van der Waals surface area contributed by atoms with Gasteiger partial charge >= 0.3 is 5.97 Å². The Labute approximate surface area is 155 Å². The fourth-order valence-electron chi connectivity index (χ4n) is 2.08. The molecule has 27 heavy (non-hydrogen) atoms. The molecule has 3 N–H and O–H groups in total. The molecule has 0 radical (unpaired) electrons. The van der Waals surface area contributed by atoms with Gasteiger partial charge in [0.1, 0.15) is 11.6 Å². The van der Waals surface area contributed by atoms with Gasteiger partial charge in [-0.15, -0.1) is 0 Å². The van der Waals surface area contributed by atoms with Crippen LogP contribution >= 0.6 is 0 Å². The molecule has 1 amide bonds. The van der Waals surface area contributed by atoms with E-state index in [0.29, 0.717) is 5.75 Å². The van der Waals surface area contributed by atoms with E-state index < -0.39 is 44.8 Å². The Balaban J connectivity index is 1.94. The van der Waals surface area contributed by atoms with E-state index in [9.17, 15) is 22.4 Å². The van der Waals surface area contributed by atoms with Gasteiger partial charge in [0.15, 0.2) is 6.61 Å². The van der Waals surface area contributed by atoms with Gasteiger partial charge in [-0.2, -0.15) is 0 Å². The van der Waals surface area contributed by atoms with Crippen LogP contribution in [-0.2, 0) is 26.1 Å². The number of carbonyl (C=O) groups excluding carboxylic acids is 2. The molecule has 144 valence electrons. The highest BCUT2D eigenvalue weighted by atomic mass is 32.2. The normalized spacial score (nSPS) is 10.9. The van der Waals surface area contributed by atoms with Crippen LogP contribution in [0.25, 0.3) is 0 Å². The minimum atomic E-state index is -4.12. The third kappa shape index (κ3) is 5.76. The lowest BCUT2D eigenvalue weighted by atomic mass is 10.2. The molecule has 0 heterocycles. The van der Waals surface area contributed by atoms with Gasteiger partial charge in [0, 0.05) is 6.54 Å². The molecule has 0 aromatic heterocycles. The molecule has 2 rings (SSSR count). The van der Waals surface area contributed by atoms with E-state index in [2.05, 4.69) is 5.32 Å². The summed E-state index contributed by atoms with van der Waals surface area (Å²) < 4.78 is 46.1. The van der Waals surface area contributed by atoms with Crippen molar-refractivity contribution in [3.05, 3.63) is 59.4 Å². The number of benzene rings is 2. The van der Waals surface area contributed by atoms with Crippen LogP contribution in [0.3, 0.4) is 0 Å². The number of esters is 1. The Hall–Kier alpha value is -2.98. The molecule has 0 atom stereocenters. The van der Waals surface area contributed by atoms with Crippen molar-refractivity contribution in [3.8, 4) is 5.75 Å². The minimum absolute atomic E-state index is 0.169. The second-order valence-electron chi connectivity index (χ2n) is 5.39. The van der Waals surface area contributed by atoms with Crippen molar-refractivity contribution in [1.29, 1.82) is 0 Å². The van der Waals surface area contributed by atoms with Crippen molar-refractivity contribution in [2.45, 2.75) is 11.4 Å². The van der Waals surface area contributed by atoms with Gasteiger partial charge in [0.2, 0.25) is 10.0 Å². The quantitative estimate of drug-likeness (QED) is 0.672. The van der Waals surface area contributed by atoms with Crippen LogP contribution in [0.1, 0.15) is 15.9 Å². The van der Waals surface area contributed by atoms with Gasteiger partial charge in [0.05, 0.1) is 17.6 Å². The summed E-state index contributed by atoms with van der Waals surface area (Å²) in [6, 6.07) is 9.44. The van der Waals surface area contributed by atoms with Gasteiger partial charge in [-0.3, -0.25) is 4.79 Å². The highest BCUT2D eigenvalue weighted by molar-refractivity contribution is 7.89. The summed E-state index contributed by atoms with van der Waals surface area (Å²) in [6.07, 6.45) is 0. The van der Waals surface area contributed by atoms with Gasteiger partial charge in [-0.25, -0.2) is 22.7 Å². The number of hydrogen-bond acceptors (Lipinski definition) is 6. The predicted octanol–water partition coefficient (Wildman–Crippen LogP) is 0.955. The molecule has 0 unspecified atom stereocenters. The largest absolute Gasteiger partial charge is 0.497 e. The predicted molar refractivity (Wildman–Crippen MR) is 92.9 cm³/mol. The van der Waals surface area contributed by atoms with Gasteiger partial charge in [-0.05, 0) is 35.9 Å². The van der Waals surface area contributed by atoms with Crippen molar-refractivity contribution >= 4 is 21.9 Å². The number of primary sulfonamides is 1. The molecule has 0 bridgehead atoms. The Morgan fingerprint density at radius 2 is 1.93 bits per heavy atom. The van der Waals surface area contributed by atoms with E-state index in [1.165, 1.54) is 7.11 Å². The molecule has 0 saturated heterocycles. The van der Waals surface area contributed by atoms with Crippen LogP contribution in [0.15, 0.2) is 47.4 Å². The van der Waals surface area contributed by atoms with E-state index in [1.807, 2.05) is 0 Å². The molecule has 2 aromatic rings. The van der Waals surface area contributed by atoms with Crippen molar-refractivity contribution in [1.82, 2.24) is 5.32 Å². The maximum atomic E-state index is 13.7. The molecular formula is C17H17FN2O6S. The van der Waals surface area contributed by atoms with Crippen LogP contribution in [-0.4, -0.2) is 34.0 Å². The van der Waals surface area contributed by atoms with Gasteiger partial charge in [-0.1, -0.05) is 12.1 Å². The molecule has 0 fully saturated rings. The van der Waals surface area contributed by atoms with Crippen LogP contribution < -0.4 is 15.2 Å². The smallest absolute Gasteiger partial charge is 0.341 e. The standard InChI is InChI=1S/C17H17FN2O6S/c1-25-12-4-2-3-11(7-12)9-20-16(21)10-26-17(22)14-8-13(27(19,23)24)5-6-15(14)18/h2-8H,9-10H2,1H3,(H,20,21)(H2,19,23,24). The van der Waals surface area contributed by atoms with E-state index in [-0.39, 0.29) is 6.54 Å². The zero-order valence-corrected chi connectivity index (χ0v) is 15.1. The molecule has 10 heteroatoms. The van der Waals surface area contributed by atoms with E-state index >= 15 is 0 Å². The molecular weight excluding hydrogens is 379 g/mol. The third-order valence-corrected chi connectivity index (χ3v) is 4.36. The lowest BCUT2D eigenvalue weighted by Gasteiger charge is -2.09. The number of ether oxygens (including phenoxy) is 2. The number of methoxy groups -OCH3 is 1. The van der Waals surface area contributed by atoms with Crippen LogP contribution in [0.2, 0.25) is 0 Å². The van der Waals surface area contributed by atoms with Crippen molar-refractivity contribution in [2.24, 2.45) is 5.14 Å². The van der Waals surface area contributed by atoms with Crippen molar-refractivity contribution in [2.75, 3.05) is 13.7 Å². The second-order valence-corrected chi connectivity index (χ2v) is 6.95. The zero-order valence-electron chi connectivity index (χ0n) is 14.3. The van der Waals surface area contributed by atoms with E-state index in [1.54, 1.807) is 24.3 Å². The first-order valence-corrected chi connectivity index (χ1v) is 9.14. The SMILES string of the molecule is COc1cccc(CNC(=O)COC(=O)c2cc(S(N)(=O)=O)ccc2F)c1. The lowest BCUT2D eigenvalue weighted by molar-refractivity contribution is -0.124. The van der Waals surface area contributed by atoms with Crippen molar-refractivity contribution in [3.63, 3.8) is 0 Å². The maximum absolute atomic E-state index is 13.7. The maximum Gasteiger partial charge on any atom is 0.341 e. The number of sulfonamides is 1. The third-order valence-electron chi connectivity index (χ3n) is 3.44. The Morgan fingerprint density at radius 1 is 1.19 bits per heavy atom. The average Bonchev–Trinajstić information content (AvgIpc) is 2.64. The monoisotopic (exact) mass is 396 g/mol. The fourth-order valence-corrected chi connectivity index (χ4v) is 2.62. The number of halogens is 1. The molecule has 0 saturated carbocycles. The Kier molecular flexibility index (Phi) is 6.48. The van der Waals surface area contributed by atoms with Crippen molar-refractivity contribution < 1.29 is 31.9 Å². The number of rotatable bonds is 7. The second kappa shape index (κ2) is 8.60. The Bertz CT molecular complexity index is 962. The molecule has 0 spiro atoms. The van der Waals surface area contributed by atoms with Gasteiger partial charge in [0.25, 0.3) is 5.91 Å². The van der Waals surface area contributed by atoms with Crippen LogP contribution in [0, 0.1) is 5.82 Å². The number of nitrogens with one attached hydrogen (secondary N) is 1. The molecule has 0 aliphatic rings. The molecule has 0 aliphatic heterocycles. The summed E-state index contributed by atoms with van der Waals surface area (Å²) >= 11 is 0. The van der Waals surface area contributed by atoms with E-state index in [4.69, 9.17) is 14.6 Å². The molecule has 2 aromatic carbocycles. The highest BCUT2D eigenvalue weighted by Gasteiger charge is 2.19. The summed E-state index contributed by atoms with van der Waals surface area (Å²) in [7, 11) is -2.60. The average molecular weight is 396 g/mol. The topological polar surface area (TPSA) is 125 Å². The first-order valence-electron chi connectivity index (χ1n) is 7.60. The zero-order chi connectivity index (χ0) is 20.0. The van der Waals surface area contributed by atoms with Crippen LogP contribution in [0.4, 0.5) is 4.39 Å². The Morgan fingerprint density at radius 3 is 2.59 bits per heavy atom. The summed E-state index contributed by atoms with van der Waals surface area (Å²) in [6.45, 7) is -0.495. The summed E-state index contributed by atoms with van der Waals surface area (Å²) in [4.78, 5) is 23.3. The van der Waals surface area contributed by atoms with E-state index in [0.717, 1.165) is 23.8 Å². The van der Waals surface area contributed by atoms with Crippen LogP contribution in [0.5, 0.6) is 5.75 Å². The summed E-state index contributed by atoms with van der Waals surface area (Å²) in [5.41, 5.74) is 0.128. The van der Waals surface area contributed by atoms with Gasteiger partial charge < -0.3 is 14.8 Å². The minimum Gasteiger partial charge on any atom is -0.497 e. The lowest BCUT2D eigenvalue weighted by Crippen LogP contribution is -2.28. The number of nitrogens with two attached hydrogens (primary N) is 1. The first-order chi connectivity index (χ1) is 12.7. The summed E-state index contributed by atoms with van der Waals surface area (Å²) in [5, 5.41) is 7.46. The first kappa shape index (κ1) is 20.3. The number of hydrogen-bond donors (Lipinski definition) is 2. The highest BCUT2D eigenvalue weighted by Crippen LogP contribution is 2.15. The molecule has 0 aliphatic carbocycles. The summed E-state index contributed by atoms with van der Waals surface area (Å²) in [5.74, 6) is -2.17. The number of amides is 1. The fraction of sp³-hybridized carbons (Fsp3) is 0.176. The molecule has 8 nitrogen and oxygen atoms in total.